The highest BCUT2D eigenvalue weighted by atomic mass is 32.1. The molecule has 1 saturated carbocycles. The van der Waals surface area contributed by atoms with Gasteiger partial charge in [0.25, 0.3) is 5.91 Å². The van der Waals surface area contributed by atoms with Crippen molar-refractivity contribution in [3.05, 3.63) is 33.9 Å². The second-order valence-corrected chi connectivity index (χ2v) is 9.04. The van der Waals surface area contributed by atoms with Crippen molar-refractivity contribution in [2.24, 2.45) is 5.92 Å². The molecule has 3 aromatic heterocycles. The smallest absolute Gasteiger partial charge is 0.273 e. The van der Waals surface area contributed by atoms with E-state index >= 15 is 0 Å². The molecule has 3 aromatic rings. The minimum absolute atomic E-state index is 0.0565. The standard InChI is InChI=1S/C21H22N8O2S/c1-10-24-16-12-6-7-23-19(18(12)29(3)9-14(16)32-10)25-13-8-15(26-20(30)11-4-5-11)27-28-17(13)21(31)22-2/h6-8,11H,4-5,9H2,1-3H3,(H,22,31)(H2,23,25,26,27,30)/i2D3. The molecule has 1 aliphatic heterocycles. The van der Waals surface area contributed by atoms with E-state index in [1.54, 1.807) is 17.5 Å². The van der Waals surface area contributed by atoms with Crippen LogP contribution in [0.4, 0.5) is 23.0 Å². The first-order valence-corrected chi connectivity index (χ1v) is 10.9. The summed E-state index contributed by atoms with van der Waals surface area (Å²) in [6.45, 7) is -0.116. The first kappa shape index (κ1) is 17.0. The van der Waals surface area contributed by atoms with Gasteiger partial charge in [0.15, 0.2) is 17.3 Å². The lowest BCUT2D eigenvalue weighted by atomic mass is 10.1. The van der Waals surface area contributed by atoms with Crippen molar-refractivity contribution >= 4 is 46.2 Å². The van der Waals surface area contributed by atoms with Crippen molar-refractivity contribution in [1.82, 2.24) is 25.5 Å². The Morgan fingerprint density at radius 2 is 2.16 bits per heavy atom. The van der Waals surface area contributed by atoms with E-state index in [-0.39, 0.29) is 29.0 Å². The van der Waals surface area contributed by atoms with Crippen LogP contribution in [0.15, 0.2) is 18.3 Å². The van der Waals surface area contributed by atoms with Gasteiger partial charge in [-0.15, -0.1) is 21.5 Å². The Kier molecular flexibility index (Phi) is 4.16. The molecule has 0 unspecified atom stereocenters. The van der Waals surface area contributed by atoms with Crippen LogP contribution >= 0.6 is 11.3 Å². The van der Waals surface area contributed by atoms with Crippen molar-refractivity contribution in [3.8, 4) is 11.3 Å². The van der Waals surface area contributed by atoms with Gasteiger partial charge in [-0.2, -0.15) is 0 Å². The summed E-state index contributed by atoms with van der Waals surface area (Å²) in [6.07, 6.45) is 3.26. The molecule has 1 fully saturated rings. The van der Waals surface area contributed by atoms with Crippen LogP contribution in [0, 0.1) is 12.8 Å². The predicted molar refractivity (Wildman–Crippen MR) is 122 cm³/mol. The number of thiazole rings is 1. The number of anilines is 4. The van der Waals surface area contributed by atoms with Crippen LogP contribution in [-0.2, 0) is 11.3 Å². The summed E-state index contributed by atoms with van der Waals surface area (Å²) in [5.41, 5.74) is 2.45. The predicted octanol–water partition coefficient (Wildman–Crippen LogP) is 2.71. The summed E-state index contributed by atoms with van der Waals surface area (Å²) < 4.78 is 22.1. The zero-order valence-corrected chi connectivity index (χ0v) is 18.2. The molecule has 1 aliphatic carbocycles. The number of rotatable bonds is 5. The Labute approximate surface area is 192 Å². The number of fused-ring (bicyclic) bond motifs is 3. The van der Waals surface area contributed by atoms with Crippen LogP contribution < -0.4 is 20.9 Å². The molecule has 2 aliphatic rings. The Hall–Kier alpha value is -3.60. The number of hydrogen-bond acceptors (Lipinski definition) is 9. The second-order valence-electron chi connectivity index (χ2n) is 7.75. The van der Waals surface area contributed by atoms with Crippen molar-refractivity contribution in [1.29, 1.82) is 0 Å². The highest BCUT2D eigenvalue weighted by molar-refractivity contribution is 7.12. The van der Waals surface area contributed by atoms with Gasteiger partial charge >= 0.3 is 0 Å². The number of nitrogens with one attached hydrogen (secondary N) is 3. The summed E-state index contributed by atoms with van der Waals surface area (Å²) in [6, 6.07) is 3.33. The van der Waals surface area contributed by atoms with Crippen molar-refractivity contribution in [3.63, 3.8) is 0 Å². The first-order valence-electron chi connectivity index (χ1n) is 11.5. The third-order valence-electron chi connectivity index (χ3n) is 5.32. The van der Waals surface area contributed by atoms with E-state index < -0.39 is 12.9 Å². The first-order chi connectivity index (χ1) is 16.6. The Morgan fingerprint density at radius 1 is 1.31 bits per heavy atom. The fourth-order valence-electron chi connectivity index (χ4n) is 3.68. The van der Waals surface area contributed by atoms with Gasteiger partial charge < -0.3 is 20.9 Å². The Morgan fingerprint density at radius 3 is 2.94 bits per heavy atom. The molecule has 3 N–H and O–H groups in total. The van der Waals surface area contributed by atoms with Gasteiger partial charge in [-0.05, 0) is 25.8 Å². The summed E-state index contributed by atoms with van der Waals surface area (Å²) in [4.78, 5) is 37.2. The number of amides is 2. The van der Waals surface area contributed by atoms with Crippen molar-refractivity contribution in [2.75, 3.05) is 29.6 Å². The summed E-state index contributed by atoms with van der Waals surface area (Å²) >= 11 is 1.64. The van der Waals surface area contributed by atoms with E-state index in [1.807, 2.05) is 30.3 Å². The summed E-state index contributed by atoms with van der Waals surface area (Å²) in [7, 11) is 1.93. The fourth-order valence-corrected chi connectivity index (χ4v) is 4.68. The molecule has 5 rings (SSSR count). The molecule has 0 bridgehead atoms. The van der Waals surface area contributed by atoms with Crippen LogP contribution in [-0.4, -0.2) is 46.0 Å². The molecule has 0 spiro atoms. The van der Waals surface area contributed by atoms with Gasteiger partial charge in [0, 0.05) is 41.9 Å². The van der Waals surface area contributed by atoms with Crippen LogP contribution in [0.3, 0.4) is 0 Å². The fraction of sp³-hybridized carbons (Fsp3) is 0.333. The van der Waals surface area contributed by atoms with Gasteiger partial charge in [0.05, 0.1) is 33.5 Å². The Balaban J connectivity index is 1.54. The number of carbonyl (C=O) groups is 2. The van der Waals surface area contributed by atoms with E-state index in [0.717, 1.165) is 39.7 Å². The molecular weight excluding hydrogens is 428 g/mol. The zero-order chi connectivity index (χ0) is 24.9. The highest BCUT2D eigenvalue weighted by Crippen LogP contribution is 2.44. The van der Waals surface area contributed by atoms with Gasteiger partial charge in [-0.3, -0.25) is 9.59 Å². The maximum absolute atomic E-state index is 12.7. The van der Waals surface area contributed by atoms with E-state index in [0.29, 0.717) is 12.4 Å². The molecule has 0 aromatic carbocycles. The van der Waals surface area contributed by atoms with Crippen LogP contribution in [0.1, 0.15) is 37.3 Å². The molecule has 11 heteroatoms. The molecule has 0 radical (unpaired) electrons. The summed E-state index contributed by atoms with van der Waals surface area (Å²) in [5.74, 6) is -0.594. The maximum atomic E-state index is 12.7. The van der Waals surface area contributed by atoms with Crippen LogP contribution in [0.5, 0.6) is 0 Å². The zero-order valence-electron chi connectivity index (χ0n) is 20.4. The maximum Gasteiger partial charge on any atom is 0.273 e. The number of nitrogens with zero attached hydrogens (tertiary/aromatic N) is 5. The van der Waals surface area contributed by atoms with E-state index in [1.165, 1.54) is 6.07 Å². The topological polar surface area (TPSA) is 125 Å². The largest absolute Gasteiger partial charge is 0.366 e. The number of aryl methyl sites for hydroxylation is 1. The average Bonchev–Trinajstić information content (AvgIpc) is 3.55. The molecular formula is C21H22N8O2S. The van der Waals surface area contributed by atoms with Gasteiger partial charge in [0.2, 0.25) is 5.91 Å². The van der Waals surface area contributed by atoms with E-state index in [4.69, 9.17) is 4.11 Å². The molecule has 0 atom stereocenters. The quantitative estimate of drug-likeness (QED) is 0.539. The van der Waals surface area contributed by atoms with Crippen molar-refractivity contribution in [2.45, 2.75) is 26.3 Å². The molecule has 32 heavy (non-hydrogen) atoms. The van der Waals surface area contributed by atoms with Gasteiger partial charge in [-0.25, -0.2) is 9.97 Å². The lowest BCUT2D eigenvalue weighted by molar-refractivity contribution is -0.117. The SMILES string of the molecule is [2H]C([2H])([2H])NC(=O)c1nnc(NC(=O)C2CC2)cc1Nc1nccc2c1N(C)Cc1sc(C)nc1-2. The third-order valence-corrected chi connectivity index (χ3v) is 6.28. The number of hydrogen-bond donors (Lipinski definition) is 3. The third kappa shape index (κ3) is 3.64. The molecule has 2 amide bonds. The van der Waals surface area contributed by atoms with Gasteiger partial charge in [0.1, 0.15) is 0 Å². The monoisotopic (exact) mass is 453 g/mol. The second kappa shape index (κ2) is 7.83. The van der Waals surface area contributed by atoms with Crippen molar-refractivity contribution < 1.29 is 13.7 Å². The lowest BCUT2D eigenvalue weighted by Crippen LogP contribution is -2.24. The Bertz CT molecular complexity index is 1340. The average molecular weight is 454 g/mol. The molecule has 0 saturated heterocycles. The molecule has 164 valence electrons. The lowest BCUT2D eigenvalue weighted by Gasteiger charge is -2.28. The van der Waals surface area contributed by atoms with E-state index in [9.17, 15) is 9.59 Å². The molecule has 4 heterocycles. The number of pyridine rings is 1. The minimum atomic E-state index is -2.71. The number of aromatic nitrogens is 4. The molecule has 10 nitrogen and oxygen atoms in total. The minimum Gasteiger partial charge on any atom is -0.366 e. The highest BCUT2D eigenvalue weighted by Gasteiger charge is 2.30. The van der Waals surface area contributed by atoms with Crippen LogP contribution in [0.25, 0.3) is 11.3 Å². The number of carbonyl (C=O) groups excluding carboxylic acids is 2. The van der Waals surface area contributed by atoms with E-state index in [2.05, 4.69) is 30.8 Å². The van der Waals surface area contributed by atoms with Gasteiger partial charge in [-0.1, -0.05) is 0 Å². The normalized spacial score (nSPS) is 16.2. The van der Waals surface area contributed by atoms with Crippen LogP contribution in [0.2, 0.25) is 0 Å². The summed E-state index contributed by atoms with van der Waals surface area (Å²) in [5, 5.41) is 16.5.